The number of aliphatic imine (C=N–C) groups is 1. The molecule has 0 saturated carbocycles. The third kappa shape index (κ3) is 6.18. The molecule has 0 aliphatic heterocycles. The fourth-order valence-corrected chi connectivity index (χ4v) is 2.26. The highest BCUT2D eigenvalue weighted by molar-refractivity contribution is 7.89. The van der Waals surface area contributed by atoms with Crippen LogP contribution in [0.2, 0.25) is 0 Å². The van der Waals surface area contributed by atoms with Crippen LogP contribution >= 0.6 is 0 Å². The van der Waals surface area contributed by atoms with Gasteiger partial charge in [-0.3, -0.25) is 10.4 Å². The van der Waals surface area contributed by atoms with Crippen molar-refractivity contribution >= 4 is 21.7 Å². The van der Waals surface area contributed by atoms with Crippen LogP contribution in [-0.2, 0) is 10.0 Å². The van der Waals surface area contributed by atoms with Gasteiger partial charge < -0.3 is 5.32 Å². The Morgan fingerprint density at radius 1 is 1.32 bits per heavy atom. The quantitative estimate of drug-likeness (QED) is 0.252. The van der Waals surface area contributed by atoms with Gasteiger partial charge in [-0.25, -0.2) is 19.0 Å². The van der Waals surface area contributed by atoms with E-state index in [0.29, 0.717) is 12.5 Å². The Balaban J connectivity index is 2.54. The van der Waals surface area contributed by atoms with Gasteiger partial charge in [-0.15, -0.1) is 0 Å². The van der Waals surface area contributed by atoms with Crippen LogP contribution in [0.1, 0.15) is 6.92 Å². The lowest BCUT2D eigenvalue weighted by Gasteiger charge is -2.09. The minimum Gasteiger partial charge on any atom is -0.325 e. The van der Waals surface area contributed by atoms with E-state index in [4.69, 9.17) is 5.84 Å². The monoisotopic (exact) mass is 285 g/mol. The second kappa shape index (κ2) is 7.72. The van der Waals surface area contributed by atoms with E-state index in [1.54, 1.807) is 6.92 Å². The summed E-state index contributed by atoms with van der Waals surface area (Å²) >= 11 is 0. The van der Waals surface area contributed by atoms with E-state index in [2.05, 4.69) is 20.5 Å². The molecule has 106 valence electrons. The summed E-state index contributed by atoms with van der Waals surface area (Å²) in [5, 5.41) is 2.95. The summed E-state index contributed by atoms with van der Waals surface area (Å²) in [4.78, 5) is 4.06. The molecule has 19 heavy (non-hydrogen) atoms. The van der Waals surface area contributed by atoms with Crippen molar-refractivity contribution in [2.24, 2.45) is 10.8 Å². The molecule has 1 aromatic carbocycles. The van der Waals surface area contributed by atoms with E-state index in [-0.39, 0.29) is 12.3 Å². The molecule has 7 nitrogen and oxygen atoms in total. The van der Waals surface area contributed by atoms with Crippen LogP contribution < -0.4 is 21.3 Å². The van der Waals surface area contributed by atoms with Gasteiger partial charge in [0.1, 0.15) is 0 Å². The minimum absolute atomic E-state index is 0.0809. The zero-order chi connectivity index (χ0) is 14.1. The molecule has 0 aliphatic rings. The van der Waals surface area contributed by atoms with Gasteiger partial charge in [-0.05, 0) is 12.1 Å². The first-order chi connectivity index (χ1) is 9.07. The highest BCUT2D eigenvalue weighted by Gasteiger charge is 2.07. The van der Waals surface area contributed by atoms with Gasteiger partial charge in [-0.1, -0.05) is 25.1 Å². The predicted octanol–water partition coefficient (Wildman–Crippen LogP) is -0.143. The van der Waals surface area contributed by atoms with E-state index >= 15 is 0 Å². The Kier molecular flexibility index (Phi) is 6.26. The molecule has 0 atom stereocenters. The summed E-state index contributed by atoms with van der Waals surface area (Å²) < 4.78 is 25.2. The molecular formula is C11H19N5O2S. The van der Waals surface area contributed by atoms with E-state index in [9.17, 15) is 8.42 Å². The zero-order valence-corrected chi connectivity index (χ0v) is 11.6. The Labute approximate surface area is 113 Å². The highest BCUT2D eigenvalue weighted by atomic mass is 32.2. The fourth-order valence-electron chi connectivity index (χ4n) is 1.35. The number of benzene rings is 1. The van der Waals surface area contributed by atoms with Crippen LogP contribution in [0, 0.1) is 0 Å². The topological polar surface area (TPSA) is 109 Å². The Morgan fingerprint density at radius 3 is 2.58 bits per heavy atom. The molecule has 0 amide bonds. The maximum atomic E-state index is 11.4. The molecule has 1 aromatic rings. The maximum absolute atomic E-state index is 11.4. The first-order valence-corrected chi connectivity index (χ1v) is 7.53. The van der Waals surface area contributed by atoms with Crippen molar-refractivity contribution in [1.82, 2.24) is 10.1 Å². The van der Waals surface area contributed by atoms with E-state index in [0.717, 1.165) is 5.69 Å². The van der Waals surface area contributed by atoms with Crippen LogP contribution in [0.15, 0.2) is 35.3 Å². The number of rotatable bonds is 6. The SMILES string of the molecule is CCNS(=O)(=O)CCN=C(NN)Nc1ccccc1. The van der Waals surface area contributed by atoms with Crippen molar-refractivity contribution in [3.05, 3.63) is 30.3 Å². The maximum Gasteiger partial charge on any atom is 0.213 e. The lowest BCUT2D eigenvalue weighted by molar-refractivity contribution is 0.584. The molecule has 0 unspecified atom stereocenters. The number of hydrazine groups is 1. The standard InChI is InChI=1S/C11H19N5O2S/c1-2-14-19(17,18)9-8-13-11(16-12)15-10-6-4-3-5-7-10/h3-7,14H,2,8-9,12H2,1H3,(H2,13,15,16). The average molecular weight is 285 g/mol. The van der Waals surface area contributed by atoms with Gasteiger partial charge in [0.15, 0.2) is 0 Å². The van der Waals surface area contributed by atoms with E-state index in [1.165, 1.54) is 0 Å². The summed E-state index contributed by atoms with van der Waals surface area (Å²) in [6.07, 6.45) is 0. The van der Waals surface area contributed by atoms with Crippen LogP contribution in [0.5, 0.6) is 0 Å². The Morgan fingerprint density at radius 2 is 2.00 bits per heavy atom. The number of nitrogens with two attached hydrogens (primary N) is 1. The van der Waals surface area contributed by atoms with Crippen LogP contribution in [0.25, 0.3) is 0 Å². The number of hydrogen-bond acceptors (Lipinski definition) is 4. The average Bonchev–Trinajstić information content (AvgIpc) is 2.38. The van der Waals surface area contributed by atoms with Gasteiger partial charge in [0.05, 0.1) is 12.3 Å². The molecule has 0 aliphatic carbocycles. The summed E-state index contributed by atoms with van der Waals surface area (Å²) in [6, 6.07) is 9.32. The van der Waals surface area contributed by atoms with Crippen molar-refractivity contribution in [2.75, 3.05) is 24.2 Å². The number of hydrogen-bond donors (Lipinski definition) is 4. The molecule has 0 radical (unpaired) electrons. The highest BCUT2D eigenvalue weighted by Crippen LogP contribution is 2.04. The zero-order valence-electron chi connectivity index (χ0n) is 10.8. The van der Waals surface area contributed by atoms with Gasteiger partial charge in [0.25, 0.3) is 0 Å². The number of nitrogens with zero attached hydrogens (tertiary/aromatic N) is 1. The number of nitrogens with one attached hydrogen (secondary N) is 3. The van der Waals surface area contributed by atoms with Crippen molar-refractivity contribution in [3.8, 4) is 0 Å². The van der Waals surface area contributed by atoms with Gasteiger partial charge in [0, 0.05) is 12.2 Å². The molecule has 0 saturated heterocycles. The number of guanidine groups is 1. The first-order valence-electron chi connectivity index (χ1n) is 5.88. The Bertz CT molecular complexity index is 501. The van der Waals surface area contributed by atoms with Gasteiger partial charge in [-0.2, -0.15) is 0 Å². The predicted molar refractivity (Wildman–Crippen MR) is 77.2 cm³/mol. The van der Waals surface area contributed by atoms with Crippen molar-refractivity contribution < 1.29 is 8.42 Å². The number of para-hydroxylation sites is 1. The largest absolute Gasteiger partial charge is 0.325 e. The lowest BCUT2D eigenvalue weighted by Crippen LogP contribution is -2.37. The third-order valence-corrected chi connectivity index (χ3v) is 3.62. The van der Waals surface area contributed by atoms with Crippen LogP contribution in [0.3, 0.4) is 0 Å². The molecule has 0 fully saturated rings. The summed E-state index contributed by atoms with van der Waals surface area (Å²) in [7, 11) is -3.26. The van der Waals surface area contributed by atoms with Crippen LogP contribution in [-0.4, -0.2) is 33.2 Å². The molecule has 1 rings (SSSR count). The Hall–Kier alpha value is -1.64. The molecule has 0 bridgehead atoms. The second-order valence-electron chi connectivity index (χ2n) is 3.68. The van der Waals surface area contributed by atoms with Gasteiger partial charge in [0.2, 0.25) is 16.0 Å². The first kappa shape index (κ1) is 15.4. The van der Waals surface area contributed by atoms with E-state index < -0.39 is 10.0 Å². The summed E-state index contributed by atoms with van der Waals surface area (Å²) in [6.45, 7) is 2.22. The lowest BCUT2D eigenvalue weighted by atomic mass is 10.3. The molecule has 8 heteroatoms. The third-order valence-electron chi connectivity index (χ3n) is 2.17. The number of sulfonamides is 1. The second-order valence-corrected chi connectivity index (χ2v) is 5.61. The van der Waals surface area contributed by atoms with Crippen molar-refractivity contribution in [2.45, 2.75) is 6.92 Å². The molecule has 0 heterocycles. The fraction of sp³-hybridized carbons (Fsp3) is 0.364. The summed E-state index contributed by atoms with van der Waals surface area (Å²) in [5.41, 5.74) is 3.21. The molecule has 0 aromatic heterocycles. The summed E-state index contributed by atoms with van der Waals surface area (Å²) in [5.74, 6) is 5.56. The molecule has 5 N–H and O–H groups in total. The molecule has 0 spiro atoms. The smallest absolute Gasteiger partial charge is 0.213 e. The van der Waals surface area contributed by atoms with Crippen LogP contribution in [0.4, 0.5) is 5.69 Å². The number of anilines is 1. The van der Waals surface area contributed by atoms with Gasteiger partial charge >= 0.3 is 0 Å². The normalized spacial score (nSPS) is 12.2. The van der Waals surface area contributed by atoms with Crippen molar-refractivity contribution in [3.63, 3.8) is 0 Å². The molecular weight excluding hydrogens is 266 g/mol. The van der Waals surface area contributed by atoms with E-state index in [1.807, 2.05) is 30.3 Å². The van der Waals surface area contributed by atoms with Crippen molar-refractivity contribution in [1.29, 1.82) is 0 Å². The minimum atomic E-state index is -3.26.